The molecule has 1 saturated heterocycles. The average Bonchev–Trinajstić information content (AvgIpc) is 2.95. The molecule has 2 atom stereocenters. The molecule has 5 heteroatoms. The molecule has 1 heterocycles. The van der Waals surface area contributed by atoms with Gasteiger partial charge in [-0.1, -0.05) is 19.8 Å². The summed E-state index contributed by atoms with van der Waals surface area (Å²) in [5, 5.41) is 11.7. The molecule has 1 amide bonds. The van der Waals surface area contributed by atoms with E-state index < -0.39 is 12.1 Å². The quantitative estimate of drug-likeness (QED) is 0.794. The SMILES string of the molecule is CC1(C(=O)NCC2CCC(C(=O)O)O2)CCCC1. The summed E-state index contributed by atoms with van der Waals surface area (Å²) in [4.78, 5) is 22.8. The Kier molecular flexibility index (Phi) is 3.90. The van der Waals surface area contributed by atoms with E-state index in [1.807, 2.05) is 6.92 Å². The second-order valence-electron chi connectivity index (χ2n) is 5.64. The summed E-state index contributed by atoms with van der Waals surface area (Å²) in [6, 6.07) is 0. The van der Waals surface area contributed by atoms with E-state index in [0.717, 1.165) is 25.7 Å². The van der Waals surface area contributed by atoms with Crippen molar-refractivity contribution in [1.82, 2.24) is 5.32 Å². The molecule has 0 spiro atoms. The molecular weight excluding hydrogens is 234 g/mol. The molecule has 1 aliphatic carbocycles. The van der Waals surface area contributed by atoms with E-state index in [9.17, 15) is 9.59 Å². The van der Waals surface area contributed by atoms with Gasteiger partial charge >= 0.3 is 5.97 Å². The van der Waals surface area contributed by atoms with E-state index in [-0.39, 0.29) is 17.4 Å². The Hall–Kier alpha value is -1.10. The van der Waals surface area contributed by atoms with Crippen molar-refractivity contribution in [2.24, 2.45) is 5.41 Å². The molecule has 0 bridgehead atoms. The first-order chi connectivity index (χ1) is 8.51. The first kappa shape index (κ1) is 13.3. The Morgan fingerprint density at radius 3 is 2.56 bits per heavy atom. The largest absolute Gasteiger partial charge is 0.479 e. The van der Waals surface area contributed by atoms with Crippen molar-refractivity contribution in [1.29, 1.82) is 0 Å². The molecule has 1 saturated carbocycles. The minimum Gasteiger partial charge on any atom is -0.479 e. The van der Waals surface area contributed by atoms with E-state index in [0.29, 0.717) is 19.4 Å². The third-order valence-electron chi connectivity index (χ3n) is 4.13. The highest BCUT2D eigenvalue weighted by Crippen LogP contribution is 2.37. The van der Waals surface area contributed by atoms with E-state index in [2.05, 4.69) is 5.32 Å². The van der Waals surface area contributed by atoms with E-state index in [1.54, 1.807) is 0 Å². The lowest BCUT2D eigenvalue weighted by atomic mass is 9.88. The van der Waals surface area contributed by atoms with Gasteiger partial charge in [-0.2, -0.15) is 0 Å². The van der Waals surface area contributed by atoms with E-state index >= 15 is 0 Å². The van der Waals surface area contributed by atoms with Gasteiger partial charge in [0.2, 0.25) is 5.91 Å². The van der Waals surface area contributed by atoms with Crippen LogP contribution in [0.2, 0.25) is 0 Å². The molecule has 2 rings (SSSR count). The normalized spacial score (nSPS) is 30.3. The maximum absolute atomic E-state index is 12.1. The van der Waals surface area contributed by atoms with Crippen molar-refractivity contribution in [3.05, 3.63) is 0 Å². The van der Waals surface area contributed by atoms with Gasteiger partial charge in [0.1, 0.15) is 0 Å². The number of carbonyl (C=O) groups excluding carboxylic acids is 1. The van der Waals surface area contributed by atoms with E-state index in [4.69, 9.17) is 9.84 Å². The molecule has 0 radical (unpaired) electrons. The first-order valence-corrected chi connectivity index (χ1v) is 6.68. The van der Waals surface area contributed by atoms with Crippen LogP contribution in [0.15, 0.2) is 0 Å². The number of carboxylic acids is 1. The molecule has 2 fully saturated rings. The number of aliphatic carboxylic acids is 1. The lowest BCUT2D eigenvalue weighted by Gasteiger charge is -2.23. The fourth-order valence-electron chi connectivity index (χ4n) is 2.84. The number of carboxylic acid groups (broad SMARTS) is 1. The lowest BCUT2D eigenvalue weighted by Crippen LogP contribution is -2.41. The fraction of sp³-hybridized carbons (Fsp3) is 0.846. The van der Waals surface area contributed by atoms with Gasteiger partial charge in [-0.3, -0.25) is 4.79 Å². The average molecular weight is 255 g/mol. The second-order valence-corrected chi connectivity index (χ2v) is 5.64. The lowest BCUT2D eigenvalue weighted by molar-refractivity contribution is -0.149. The third-order valence-corrected chi connectivity index (χ3v) is 4.13. The van der Waals surface area contributed by atoms with Crippen LogP contribution < -0.4 is 5.32 Å². The zero-order valence-corrected chi connectivity index (χ0v) is 10.8. The molecule has 2 N–H and O–H groups in total. The number of nitrogens with one attached hydrogen (secondary N) is 1. The summed E-state index contributed by atoms with van der Waals surface area (Å²) in [6.45, 7) is 2.43. The zero-order valence-electron chi connectivity index (χ0n) is 10.8. The van der Waals surface area contributed by atoms with Crippen molar-refractivity contribution in [3.8, 4) is 0 Å². The van der Waals surface area contributed by atoms with Crippen molar-refractivity contribution < 1.29 is 19.4 Å². The topological polar surface area (TPSA) is 75.6 Å². The van der Waals surface area contributed by atoms with Crippen molar-refractivity contribution in [2.45, 2.75) is 57.7 Å². The van der Waals surface area contributed by atoms with Crippen LogP contribution >= 0.6 is 0 Å². The van der Waals surface area contributed by atoms with Gasteiger partial charge in [0.15, 0.2) is 6.10 Å². The van der Waals surface area contributed by atoms with Crippen LogP contribution in [0.1, 0.15) is 45.4 Å². The number of ether oxygens (including phenoxy) is 1. The monoisotopic (exact) mass is 255 g/mol. The van der Waals surface area contributed by atoms with Crippen LogP contribution in [-0.2, 0) is 14.3 Å². The minimum atomic E-state index is -0.911. The maximum atomic E-state index is 12.1. The van der Waals surface area contributed by atoms with Crippen LogP contribution in [0.4, 0.5) is 0 Å². The van der Waals surface area contributed by atoms with Gasteiger partial charge < -0.3 is 15.2 Å². The number of hydrogen-bond acceptors (Lipinski definition) is 3. The summed E-state index contributed by atoms with van der Waals surface area (Å²) in [7, 11) is 0. The first-order valence-electron chi connectivity index (χ1n) is 6.68. The van der Waals surface area contributed by atoms with Gasteiger partial charge in [-0.25, -0.2) is 4.79 Å². The predicted octanol–water partition coefficient (Wildman–Crippen LogP) is 1.32. The van der Waals surface area contributed by atoms with Crippen molar-refractivity contribution >= 4 is 11.9 Å². The zero-order chi connectivity index (χ0) is 13.2. The number of rotatable bonds is 4. The highest BCUT2D eigenvalue weighted by atomic mass is 16.5. The highest BCUT2D eigenvalue weighted by molar-refractivity contribution is 5.82. The standard InChI is InChI=1S/C13H21NO4/c1-13(6-2-3-7-13)12(17)14-8-9-4-5-10(18-9)11(15)16/h9-10H,2-8H2,1H3,(H,14,17)(H,15,16). The van der Waals surface area contributed by atoms with Crippen LogP contribution in [-0.4, -0.2) is 35.7 Å². The summed E-state index contributed by atoms with van der Waals surface area (Å²) in [6.07, 6.45) is 4.51. The molecule has 18 heavy (non-hydrogen) atoms. The van der Waals surface area contributed by atoms with E-state index in [1.165, 1.54) is 0 Å². The Morgan fingerprint density at radius 2 is 2.00 bits per heavy atom. The molecular formula is C13H21NO4. The fourth-order valence-corrected chi connectivity index (χ4v) is 2.84. The van der Waals surface area contributed by atoms with Crippen LogP contribution in [0.25, 0.3) is 0 Å². The van der Waals surface area contributed by atoms with Gasteiger partial charge in [0.05, 0.1) is 6.10 Å². The second kappa shape index (κ2) is 5.26. The molecule has 0 aromatic carbocycles. The molecule has 0 aromatic rings. The summed E-state index contributed by atoms with van der Waals surface area (Å²) < 4.78 is 5.35. The predicted molar refractivity (Wildman–Crippen MR) is 65.1 cm³/mol. The Morgan fingerprint density at radius 1 is 1.33 bits per heavy atom. The van der Waals surface area contributed by atoms with Crippen LogP contribution in [0.3, 0.4) is 0 Å². The van der Waals surface area contributed by atoms with Gasteiger partial charge in [-0.15, -0.1) is 0 Å². The molecule has 5 nitrogen and oxygen atoms in total. The third kappa shape index (κ3) is 2.83. The summed E-state index contributed by atoms with van der Waals surface area (Å²) >= 11 is 0. The Bertz CT molecular complexity index is 336. The maximum Gasteiger partial charge on any atom is 0.332 e. The molecule has 2 aliphatic rings. The molecule has 2 unspecified atom stereocenters. The number of hydrogen-bond donors (Lipinski definition) is 2. The van der Waals surface area contributed by atoms with Crippen LogP contribution in [0, 0.1) is 5.41 Å². The number of carbonyl (C=O) groups is 2. The molecule has 1 aliphatic heterocycles. The molecule has 0 aromatic heterocycles. The minimum absolute atomic E-state index is 0.0855. The van der Waals surface area contributed by atoms with Crippen LogP contribution in [0.5, 0.6) is 0 Å². The Balaban J connectivity index is 1.75. The molecule has 102 valence electrons. The smallest absolute Gasteiger partial charge is 0.332 e. The Labute approximate surface area is 107 Å². The van der Waals surface area contributed by atoms with Gasteiger partial charge in [-0.05, 0) is 25.7 Å². The van der Waals surface area contributed by atoms with Crippen molar-refractivity contribution in [3.63, 3.8) is 0 Å². The summed E-state index contributed by atoms with van der Waals surface area (Å²) in [5.41, 5.74) is -0.231. The number of amides is 1. The van der Waals surface area contributed by atoms with Gasteiger partial charge in [0, 0.05) is 12.0 Å². The van der Waals surface area contributed by atoms with Crippen molar-refractivity contribution in [2.75, 3.05) is 6.54 Å². The summed E-state index contributed by atoms with van der Waals surface area (Å²) in [5.74, 6) is -0.825. The van der Waals surface area contributed by atoms with Gasteiger partial charge in [0.25, 0.3) is 0 Å². The highest BCUT2D eigenvalue weighted by Gasteiger charge is 2.37.